The van der Waals surface area contributed by atoms with Gasteiger partial charge in [0.25, 0.3) is 23.6 Å². The smallest absolute Gasteiger partial charge is 0.265 e. The first-order chi connectivity index (χ1) is 24.7. The van der Waals surface area contributed by atoms with Gasteiger partial charge in [-0.05, 0) is 85.7 Å². The number of amides is 4. The maximum absolute atomic E-state index is 14.1. The maximum atomic E-state index is 14.1. The standard InChI is InChI=1S/C44H36N2O5/c1-4-26(5-2)36-22-25(3)23-37(36)27-14-16-30(17-15-27)45-41(48)32-18-20-34-39-35(21-19-33(38(32)39)42(45)49)44(51)46(43(34)50)31-13-9-12-29(24-31)40(47)28-10-7-6-8-11-28/h6-21,24-25,37H,4-5,22-23H2,1-3H3/t25-,37?/m1/s1. The Balaban J connectivity index is 1.14. The monoisotopic (exact) mass is 672 g/mol. The molecular formula is C44H36N2O5. The van der Waals surface area contributed by atoms with Crippen molar-refractivity contribution in [2.45, 2.75) is 52.4 Å². The number of imide groups is 2. The first-order valence-corrected chi connectivity index (χ1v) is 17.6. The van der Waals surface area contributed by atoms with E-state index < -0.39 is 23.6 Å². The molecule has 0 radical (unpaired) electrons. The van der Waals surface area contributed by atoms with Gasteiger partial charge < -0.3 is 0 Å². The molecule has 0 spiro atoms. The number of carbonyl (C=O) groups is 5. The minimum absolute atomic E-state index is 0.205. The fourth-order valence-corrected chi connectivity index (χ4v) is 8.32. The summed E-state index contributed by atoms with van der Waals surface area (Å²) in [5.74, 6) is -1.51. The van der Waals surface area contributed by atoms with Crippen LogP contribution in [0.1, 0.15) is 115 Å². The van der Waals surface area contributed by atoms with Crippen LogP contribution in [0, 0.1) is 5.92 Å². The van der Waals surface area contributed by atoms with Gasteiger partial charge in [0, 0.05) is 50.1 Å². The second kappa shape index (κ2) is 12.4. The van der Waals surface area contributed by atoms with Crippen LogP contribution < -0.4 is 9.80 Å². The van der Waals surface area contributed by atoms with E-state index in [0.29, 0.717) is 39.4 Å². The first-order valence-electron chi connectivity index (χ1n) is 17.6. The summed E-state index contributed by atoms with van der Waals surface area (Å²) in [5.41, 5.74) is 6.68. The van der Waals surface area contributed by atoms with E-state index in [1.54, 1.807) is 66.7 Å². The fraction of sp³-hybridized carbons (Fsp3) is 0.205. The van der Waals surface area contributed by atoms with Crippen molar-refractivity contribution in [3.8, 4) is 0 Å². The highest BCUT2D eigenvalue weighted by atomic mass is 16.2. The fourth-order valence-electron chi connectivity index (χ4n) is 8.32. The minimum Gasteiger partial charge on any atom is -0.289 e. The predicted octanol–water partition coefficient (Wildman–Crippen LogP) is 9.30. The maximum Gasteiger partial charge on any atom is 0.265 e. The topological polar surface area (TPSA) is 91.8 Å². The molecule has 5 aromatic rings. The van der Waals surface area contributed by atoms with Crippen molar-refractivity contribution in [1.82, 2.24) is 0 Å². The average Bonchev–Trinajstić information content (AvgIpc) is 3.55. The number of allylic oxidation sites excluding steroid dienone is 2. The third-order valence-corrected chi connectivity index (χ3v) is 10.8. The number of hydrogen-bond acceptors (Lipinski definition) is 5. The Kier molecular flexibility index (Phi) is 7.86. The summed E-state index contributed by atoms with van der Waals surface area (Å²) in [7, 11) is 0. The molecule has 3 aliphatic rings. The highest BCUT2D eigenvalue weighted by Gasteiger charge is 2.41. The van der Waals surface area contributed by atoms with E-state index in [0.717, 1.165) is 30.6 Å². The van der Waals surface area contributed by atoms with Crippen molar-refractivity contribution in [3.05, 3.63) is 153 Å². The summed E-state index contributed by atoms with van der Waals surface area (Å²) >= 11 is 0. The van der Waals surface area contributed by atoms with Crippen molar-refractivity contribution in [3.63, 3.8) is 0 Å². The number of rotatable bonds is 7. The van der Waals surface area contributed by atoms with E-state index in [9.17, 15) is 24.0 Å². The van der Waals surface area contributed by atoms with Gasteiger partial charge in [0.15, 0.2) is 5.78 Å². The number of ketones is 1. The molecule has 8 rings (SSSR count). The normalized spacial score (nSPS) is 18.2. The zero-order valence-electron chi connectivity index (χ0n) is 28.7. The molecule has 2 atom stereocenters. The molecule has 0 aromatic heterocycles. The van der Waals surface area contributed by atoms with Gasteiger partial charge in [-0.3, -0.25) is 24.0 Å². The van der Waals surface area contributed by atoms with Crippen molar-refractivity contribution in [2.75, 3.05) is 9.80 Å². The van der Waals surface area contributed by atoms with E-state index in [1.165, 1.54) is 27.7 Å². The van der Waals surface area contributed by atoms with Crippen LogP contribution in [0.2, 0.25) is 0 Å². The summed E-state index contributed by atoms with van der Waals surface area (Å²) in [6, 6.07) is 29.2. The predicted molar refractivity (Wildman–Crippen MR) is 198 cm³/mol. The van der Waals surface area contributed by atoms with Crippen LogP contribution in [0.4, 0.5) is 11.4 Å². The average molecular weight is 673 g/mol. The van der Waals surface area contributed by atoms with Crippen LogP contribution in [-0.4, -0.2) is 29.4 Å². The van der Waals surface area contributed by atoms with Gasteiger partial charge in [-0.2, -0.15) is 0 Å². The molecule has 7 nitrogen and oxygen atoms in total. The molecule has 2 aliphatic heterocycles. The largest absolute Gasteiger partial charge is 0.289 e. The van der Waals surface area contributed by atoms with Crippen LogP contribution in [-0.2, 0) is 0 Å². The molecule has 1 aliphatic carbocycles. The number of hydrogen-bond donors (Lipinski definition) is 0. The van der Waals surface area contributed by atoms with Crippen LogP contribution in [0.5, 0.6) is 0 Å². The van der Waals surface area contributed by atoms with E-state index >= 15 is 0 Å². The Morgan fingerprint density at radius 2 is 1.12 bits per heavy atom. The Labute approximate surface area is 296 Å². The molecule has 0 bridgehead atoms. The van der Waals surface area contributed by atoms with Crippen molar-refractivity contribution >= 4 is 51.6 Å². The molecule has 252 valence electrons. The molecule has 1 unspecified atom stereocenters. The third-order valence-electron chi connectivity index (χ3n) is 10.8. The molecule has 0 N–H and O–H groups in total. The molecule has 1 fully saturated rings. The summed E-state index contributed by atoms with van der Waals surface area (Å²) in [6.45, 7) is 6.72. The zero-order valence-corrected chi connectivity index (χ0v) is 28.7. The van der Waals surface area contributed by atoms with E-state index in [4.69, 9.17) is 0 Å². The Bertz CT molecular complexity index is 2280. The number of anilines is 2. The second-order valence-corrected chi connectivity index (χ2v) is 13.7. The Hall–Kier alpha value is -5.95. The lowest BCUT2D eigenvalue weighted by molar-refractivity contribution is 0.0873. The second-order valence-electron chi connectivity index (χ2n) is 13.7. The lowest BCUT2D eigenvalue weighted by atomic mass is 9.85. The summed E-state index contributed by atoms with van der Waals surface area (Å²) in [4.78, 5) is 71.7. The highest BCUT2D eigenvalue weighted by Crippen LogP contribution is 2.46. The minimum atomic E-state index is -0.595. The summed E-state index contributed by atoms with van der Waals surface area (Å²) in [6.07, 6.45) is 4.25. The van der Waals surface area contributed by atoms with E-state index in [1.807, 2.05) is 30.3 Å². The molecule has 1 saturated carbocycles. The zero-order chi connectivity index (χ0) is 35.6. The number of benzene rings is 5. The SMILES string of the molecule is CCC(CC)=C1C[C@@H](C)CC1c1ccc(N2C(=O)c3ccc4c5c(ccc(c35)C2=O)C(=O)N(c2cccc(C(=O)c3ccccc3)c2)C4=O)cc1. The van der Waals surface area contributed by atoms with Gasteiger partial charge in [-0.1, -0.05) is 86.5 Å². The van der Waals surface area contributed by atoms with Gasteiger partial charge >= 0.3 is 0 Å². The molecule has 0 saturated heterocycles. The van der Waals surface area contributed by atoms with Gasteiger partial charge in [-0.25, -0.2) is 9.80 Å². The summed E-state index contributed by atoms with van der Waals surface area (Å²) < 4.78 is 0. The Morgan fingerprint density at radius 3 is 1.65 bits per heavy atom. The quantitative estimate of drug-likeness (QED) is 0.0976. The summed E-state index contributed by atoms with van der Waals surface area (Å²) in [5, 5.41) is 0.602. The highest BCUT2D eigenvalue weighted by molar-refractivity contribution is 6.42. The number of carbonyl (C=O) groups excluding carboxylic acids is 5. The number of nitrogens with zero attached hydrogens (tertiary/aromatic N) is 2. The molecule has 4 amide bonds. The Morgan fingerprint density at radius 1 is 0.608 bits per heavy atom. The van der Waals surface area contributed by atoms with Crippen LogP contribution in [0.15, 0.2) is 114 Å². The van der Waals surface area contributed by atoms with Gasteiger partial charge in [0.05, 0.1) is 11.4 Å². The third kappa shape index (κ3) is 5.06. The van der Waals surface area contributed by atoms with E-state index in [2.05, 4.69) is 20.8 Å². The molecule has 51 heavy (non-hydrogen) atoms. The van der Waals surface area contributed by atoms with Crippen LogP contribution in [0.3, 0.4) is 0 Å². The van der Waals surface area contributed by atoms with Gasteiger partial charge in [0.1, 0.15) is 0 Å². The van der Waals surface area contributed by atoms with Gasteiger partial charge in [-0.15, -0.1) is 0 Å². The molecule has 5 aromatic carbocycles. The van der Waals surface area contributed by atoms with Crippen LogP contribution in [0.25, 0.3) is 10.8 Å². The van der Waals surface area contributed by atoms with Crippen molar-refractivity contribution in [1.29, 1.82) is 0 Å². The first kappa shape index (κ1) is 32.3. The molecule has 7 heteroatoms. The lowest BCUT2D eigenvalue weighted by Gasteiger charge is -2.32. The van der Waals surface area contributed by atoms with Gasteiger partial charge in [0.2, 0.25) is 0 Å². The molecule has 2 heterocycles. The van der Waals surface area contributed by atoms with Crippen molar-refractivity contribution in [2.24, 2.45) is 5.92 Å². The van der Waals surface area contributed by atoms with Crippen molar-refractivity contribution < 1.29 is 24.0 Å². The van der Waals surface area contributed by atoms with E-state index in [-0.39, 0.29) is 33.7 Å². The molecular weight excluding hydrogens is 636 g/mol. The van der Waals surface area contributed by atoms with Crippen LogP contribution >= 0.6 is 0 Å². The lowest BCUT2D eigenvalue weighted by Crippen LogP contribution is -2.43.